The van der Waals surface area contributed by atoms with Crippen molar-refractivity contribution in [1.82, 2.24) is 9.78 Å². The van der Waals surface area contributed by atoms with Crippen LogP contribution in [0.5, 0.6) is 0 Å². The maximum Gasteiger partial charge on any atom is 0.357 e. The summed E-state index contributed by atoms with van der Waals surface area (Å²) in [6, 6.07) is 13.6. The first-order valence-electron chi connectivity index (χ1n) is 7.30. The van der Waals surface area contributed by atoms with Crippen molar-refractivity contribution in [3.05, 3.63) is 76.0 Å². The maximum absolute atomic E-state index is 11.7. The van der Waals surface area contributed by atoms with Gasteiger partial charge in [-0.15, -0.1) is 0 Å². The predicted molar refractivity (Wildman–Crippen MR) is 89.6 cm³/mol. The number of hydrogen-bond donors (Lipinski definition) is 2. The molecular weight excluding hydrogens is 342 g/mol. The van der Waals surface area contributed by atoms with Crippen LogP contribution in [-0.2, 0) is 0 Å². The van der Waals surface area contributed by atoms with E-state index < -0.39 is 28.1 Å². The lowest BCUT2D eigenvalue weighted by Crippen LogP contribution is -2.07. The standard InChI is InChI=1S/C17H11N3O6/c21-16(22)13-14(17(23)24)18-19(15(13)10-5-2-1-3-6-10)11-7-4-8-12(9-11)20(25)26/h1-9H,(H,21,22)(H,23,24). The normalized spacial score (nSPS) is 10.5. The summed E-state index contributed by atoms with van der Waals surface area (Å²) < 4.78 is 1.09. The Morgan fingerprint density at radius 2 is 1.69 bits per heavy atom. The molecule has 3 rings (SSSR count). The van der Waals surface area contributed by atoms with E-state index in [2.05, 4.69) is 5.10 Å². The van der Waals surface area contributed by atoms with E-state index in [1.54, 1.807) is 30.3 Å². The number of carboxylic acid groups (broad SMARTS) is 2. The van der Waals surface area contributed by atoms with Crippen LogP contribution in [0, 0.1) is 10.1 Å². The highest BCUT2D eigenvalue weighted by Gasteiger charge is 2.29. The van der Waals surface area contributed by atoms with Crippen molar-refractivity contribution in [2.75, 3.05) is 0 Å². The summed E-state index contributed by atoms with van der Waals surface area (Å²) in [7, 11) is 0. The first-order chi connectivity index (χ1) is 12.4. The fourth-order valence-electron chi connectivity index (χ4n) is 2.56. The van der Waals surface area contributed by atoms with Gasteiger partial charge in [0.05, 0.1) is 16.3 Å². The van der Waals surface area contributed by atoms with Gasteiger partial charge >= 0.3 is 11.9 Å². The molecule has 0 fully saturated rings. The summed E-state index contributed by atoms with van der Waals surface area (Å²) in [6.45, 7) is 0. The van der Waals surface area contributed by atoms with E-state index in [1.165, 1.54) is 24.3 Å². The van der Waals surface area contributed by atoms with E-state index >= 15 is 0 Å². The molecule has 3 aromatic rings. The third kappa shape index (κ3) is 2.88. The van der Waals surface area contributed by atoms with E-state index in [0.717, 1.165) is 4.68 Å². The molecule has 26 heavy (non-hydrogen) atoms. The number of carbonyl (C=O) groups is 2. The molecule has 9 heteroatoms. The van der Waals surface area contributed by atoms with E-state index in [-0.39, 0.29) is 17.1 Å². The molecule has 1 aromatic heterocycles. The molecule has 0 atom stereocenters. The number of nitro groups is 1. The van der Waals surface area contributed by atoms with Crippen molar-refractivity contribution in [1.29, 1.82) is 0 Å². The molecule has 2 N–H and O–H groups in total. The first kappa shape index (κ1) is 16.8. The second kappa shape index (κ2) is 6.48. The predicted octanol–water partition coefficient (Wildman–Crippen LogP) is 2.84. The summed E-state index contributed by atoms with van der Waals surface area (Å²) >= 11 is 0. The quantitative estimate of drug-likeness (QED) is 0.531. The minimum absolute atomic E-state index is 0.0241. The minimum Gasteiger partial charge on any atom is -0.478 e. The molecule has 0 bridgehead atoms. The third-order valence-electron chi connectivity index (χ3n) is 3.63. The molecule has 2 aromatic carbocycles. The second-order valence-corrected chi connectivity index (χ2v) is 5.24. The van der Waals surface area contributed by atoms with Crippen molar-refractivity contribution in [3.63, 3.8) is 0 Å². The van der Waals surface area contributed by atoms with Gasteiger partial charge in [-0.05, 0) is 6.07 Å². The average Bonchev–Trinajstić information content (AvgIpc) is 3.03. The summed E-state index contributed by atoms with van der Waals surface area (Å²) in [5.74, 6) is -2.97. The van der Waals surface area contributed by atoms with Crippen LogP contribution in [0.4, 0.5) is 5.69 Å². The number of aromatic nitrogens is 2. The summed E-state index contributed by atoms with van der Waals surface area (Å²) in [5, 5.41) is 33.8. The molecule has 0 aliphatic rings. The lowest BCUT2D eigenvalue weighted by atomic mass is 10.1. The van der Waals surface area contributed by atoms with Crippen LogP contribution in [0.15, 0.2) is 54.6 Å². The monoisotopic (exact) mass is 353 g/mol. The lowest BCUT2D eigenvalue weighted by Gasteiger charge is -2.08. The van der Waals surface area contributed by atoms with Gasteiger partial charge in [-0.25, -0.2) is 14.3 Å². The molecule has 0 radical (unpaired) electrons. The van der Waals surface area contributed by atoms with Gasteiger partial charge in [0.2, 0.25) is 0 Å². The zero-order valence-electron chi connectivity index (χ0n) is 13.1. The Morgan fingerprint density at radius 1 is 1.00 bits per heavy atom. The molecule has 0 unspecified atom stereocenters. The SMILES string of the molecule is O=C(O)c1nn(-c2cccc([N+](=O)[O-])c2)c(-c2ccccc2)c1C(=O)O. The van der Waals surface area contributed by atoms with Gasteiger partial charge in [-0.3, -0.25) is 10.1 Å². The molecular formula is C17H11N3O6. The Morgan fingerprint density at radius 3 is 2.27 bits per heavy atom. The van der Waals surface area contributed by atoms with Crippen LogP contribution in [-0.4, -0.2) is 36.9 Å². The van der Waals surface area contributed by atoms with E-state index in [1.807, 2.05) is 0 Å². The summed E-state index contributed by atoms with van der Waals surface area (Å²) in [5.41, 5.74) is -0.760. The molecule has 0 spiro atoms. The number of rotatable bonds is 5. The van der Waals surface area contributed by atoms with Crippen molar-refractivity contribution in [2.45, 2.75) is 0 Å². The van der Waals surface area contributed by atoms with Crippen LogP contribution in [0.1, 0.15) is 20.8 Å². The van der Waals surface area contributed by atoms with Gasteiger partial charge < -0.3 is 10.2 Å². The van der Waals surface area contributed by atoms with Crippen LogP contribution in [0.25, 0.3) is 16.9 Å². The lowest BCUT2D eigenvalue weighted by molar-refractivity contribution is -0.384. The third-order valence-corrected chi connectivity index (χ3v) is 3.63. The molecule has 0 aliphatic carbocycles. The average molecular weight is 353 g/mol. The summed E-state index contributed by atoms with van der Waals surface area (Å²) in [6.07, 6.45) is 0. The van der Waals surface area contributed by atoms with Crippen molar-refractivity contribution in [2.24, 2.45) is 0 Å². The van der Waals surface area contributed by atoms with Gasteiger partial charge in [0, 0.05) is 17.7 Å². The molecule has 0 amide bonds. The number of nitro benzene ring substituents is 1. The minimum atomic E-state index is -1.51. The van der Waals surface area contributed by atoms with E-state index in [4.69, 9.17) is 0 Å². The van der Waals surface area contributed by atoms with Crippen molar-refractivity contribution in [3.8, 4) is 16.9 Å². The van der Waals surface area contributed by atoms with Crippen LogP contribution >= 0.6 is 0 Å². The largest absolute Gasteiger partial charge is 0.478 e. The highest BCUT2D eigenvalue weighted by molar-refractivity contribution is 6.05. The van der Waals surface area contributed by atoms with Crippen molar-refractivity contribution >= 4 is 17.6 Å². The zero-order chi connectivity index (χ0) is 18.8. The molecule has 0 saturated heterocycles. The smallest absolute Gasteiger partial charge is 0.357 e. The Hall–Kier alpha value is -4.01. The van der Waals surface area contributed by atoms with Gasteiger partial charge in [0.1, 0.15) is 5.56 Å². The number of non-ortho nitro benzene ring substituents is 1. The Kier molecular flexibility index (Phi) is 4.19. The van der Waals surface area contributed by atoms with E-state index in [0.29, 0.717) is 5.56 Å². The highest BCUT2D eigenvalue weighted by atomic mass is 16.6. The van der Waals surface area contributed by atoms with Crippen molar-refractivity contribution < 1.29 is 24.7 Å². The number of aromatic carboxylic acids is 2. The Balaban J connectivity index is 2.37. The van der Waals surface area contributed by atoms with Crippen LogP contribution < -0.4 is 0 Å². The highest BCUT2D eigenvalue weighted by Crippen LogP contribution is 2.30. The summed E-state index contributed by atoms with van der Waals surface area (Å²) in [4.78, 5) is 33.6. The number of benzene rings is 2. The molecule has 0 saturated carbocycles. The Labute approximate surface area is 145 Å². The fraction of sp³-hybridized carbons (Fsp3) is 0. The Bertz CT molecular complexity index is 1030. The molecule has 0 aliphatic heterocycles. The van der Waals surface area contributed by atoms with Gasteiger partial charge in [-0.1, -0.05) is 36.4 Å². The number of nitrogens with zero attached hydrogens (tertiary/aromatic N) is 3. The molecule has 130 valence electrons. The van der Waals surface area contributed by atoms with Gasteiger partial charge in [0.15, 0.2) is 5.69 Å². The topological polar surface area (TPSA) is 136 Å². The maximum atomic E-state index is 11.7. The number of carboxylic acids is 2. The number of hydrogen-bond acceptors (Lipinski definition) is 5. The van der Waals surface area contributed by atoms with Gasteiger partial charge in [-0.2, -0.15) is 5.10 Å². The second-order valence-electron chi connectivity index (χ2n) is 5.24. The zero-order valence-corrected chi connectivity index (χ0v) is 13.1. The molecule has 1 heterocycles. The van der Waals surface area contributed by atoms with Crippen LogP contribution in [0.3, 0.4) is 0 Å². The van der Waals surface area contributed by atoms with E-state index in [9.17, 15) is 29.9 Å². The fourth-order valence-corrected chi connectivity index (χ4v) is 2.56. The van der Waals surface area contributed by atoms with Crippen LogP contribution in [0.2, 0.25) is 0 Å². The first-order valence-corrected chi connectivity index (χ1v) is 7.30. The van der Waals surface area contributed by atoms with Gasteiger partial charge in [0.25, 0.3) is 5.69 Å². The molecule has 9 nitrogen and oxygen atoms in total.